The Morgan fingerprint density at radius 1 is 1.18 bits per heavy atom. The molecule has 1 fully saturated rings. The second-order valence-corrected chi connectivity index (χ2v) is 5.30. The zero-order valence-corrected chi connectivity index (χ0v) is 11.2. The Labute approximate surface area is 112 Å². The van der Waals surface area contributed by atoms with E-state index >= 15 is 0 Å². The third kappa shape index (κ3) is 3.14. The predicted molar refractivity (Wildman–Crippen MR) is 71.7 cm³/mol. The zero-order valence-electron chi connectivity index (χ0n) is 9.70. The largest absolute Gasteiger partial charge is 0.394 e. The first-order valence-corrected chi connectivity index (χ1v) is 6.78. The summed E-state index contributed by atoms with van der Waals surface area (Å²) in [5, 5.41) is 10.9. The number of hydrogen-bond acceptors (Lipinski definition) is 2. The van der Waals surface area contributed by atoms with E-state index in [1.807, 2.05) is 12.1 Å². The lowest BCUT2D eigenvalue weighted by Gasteiger charge is -2.34. The van der Waals surface area contributed by atoms with Gasteiger partial charge in [0.1, 0.15) is 0 Å². The molecule has 0 aliphatic carbocycles. The van der Waals surface area contributed by atoms with Gasteiger partial charge in [0.05, 0.1) is 12.6 Å². The van der Waals surface area contributed by atoms with Crippen LogP contribution in [-0.4, -0.2) is 29.7 Å². The molecule has 4 heteroatoms. The number of hydrogen-bond donors (Lipinski definition) is 1. The SMILES string of the molecule is OC[C@@H](c1ccc(Cl)cc1Cl)N1CCCCC1. The van der Waals surface area contributed by atoms with Gasteiger partial charge in [-0.1, -0.05) is 35.7 Å². The summed E-state index contributed by atoms with van der Waals surface area (Å²) < 4.78 is 0. The molecule has 1 heterocycles. The first kappa shape index (κ1) is 13.2. The van der Waals surface area contributed by atoms with E-state index < -0.39 is 0 Å². The molecule has 0 aromatic heterocycles. The van der Waals surface area contributed by atoms with E-state index in [9.17, 15) is 5.11 Å². The van der Waals surface area contributed by atoms with Crippen molar-refractivity contribution >= 4 is 23.2 Å². The van der Waals surface area contributed by atoms with Crippen molar-refractivity contribution < 1.29 is 5.11 Å². The quantitative estimate of drug-likeness (QED) is 0.911. The highest BCUT2D eigenvalue weighted by Gasteiger charge is 2.23. The fourth-order valence-electron chi connectivity index (χ4n) is 2.41. The number of halogens is 2. The standard InChI is InChI=1S/C13H17Cl2NO/c14-10-4-5-11(12(15)8-10)13(9-17)16-6-2-1-3-7-16/h4-5,8,13,17H,1-3,6-7,9H2/t13-/m0/s1. The average molecular weight is 274 g/mol. The number of piperidine rings is 1. The van der Waals surface area contributed by atoms with Gasteiger partial charge >= 0.3 is 0 Å². The third-order valence-corrected chi connectivity index (χ3v) is 3.89. The maximum absolute atomic E-state index is 9.59. The molecule has 1 aliphatic rings. The van der Waals surface area contributed by atoms with E-state index in [0.29, 0.717) is 10.0 Å². The molecule has 1 aromatic rings. The molecule has 0 radical (unpaired) electrons. The molecule has 0 amide bonds. The molecule has 1 aliphatic heterocycles. The minimum atomic E-state index is 0.0000617. The van der Waals surface area contributed by atoms with Crippen LogP contribution in [0.1, 0.15) is 30.9 Å². The van der Waals surface area contributed by atoms with Gasteiger partial charge in [-0.05, 0) is 43.6 Å². The van der Waals surface area contributed by atoms with Crippen molar-refractivity contribution in [3.05, 3.63) is 33.8 Å². The Hall–Kier alpha value is -0.280. The van der Waals surface area contributed by atoms with Crippen molar-refractivity contribution in [2.24, 2.45) is 0 Å². The van der Waals surface area contributed by atoms with Gasteiger partial charge in [0.25, 0.3) is 0 Å². The van der Waals surface area contributed by atoms with Crippen LogP contribution in [0.3, 0.4) is 0 Å². The van der Waals surface area contributed by atoms with Gasteiger partial charge in [-0.3, -0.25) is 4.90 Å². The molecular weight excluding hydrogens is 257 g/mol. The van der Waals surface area contributed by atoms with Crippen LogP contribution in [-0.2, 0) is 0 Å². The Morgan fingerprint density at radius 2 is 1.88 bits per heavy atom. The van der Waals surface area contributed by atoms with Crippen LogP contribution in [0.25, 0.3) is 0 Å². The summed E-state index contributed by atoms with van der Waals surface area (Å²) in [7, 11) is 0. The summed E-state index contributed by atoms with van der Waals surface area (Å²) in [6, 6.07) is 5.49. The topological polar surface area (TPSA) is 23.5 Å². The van der Waals surface area contributed by atoms with Crippen LogP contribution >= 0.6 is 23.2 Å². The number of likely N-dealkylation sites (tertiary alicyclic amines) is 1. The molecule has 1 aromatic carbocycles. The molecule has 17 heavy (non-hydrogen) atoms. The molecule has 0 saturated carbocycles. The summed E-state index contributed by atoms with van der Waals surface area (Å²) in [5.41, 5.74) is 0.973. The Bertz CT molecular complexity index is 378. The van der Waals surface area contributed by atoms with Crippen molar-refractivity contribution in [1.82, 2.24) is 4.90 Å². The number of benzene rings is 1. The molecule has 1 saturated heterocycles. The second kappa shape index (κ2) is 6.05. The summed E-state index contributed by atoms with van der Waals surface area (Å²) >= 11 is 12.1. The van der Waals surface area contributed by atoms with Crippen LogP contribution in [0.15, 0.2) is 18.2 Å². The van der Waals surface area contributed by atoms with Gasteiger partial charge in [0.15, 0.2) is 0 Å². The number of nitrogens with zero attached hydrogens (tertiary/aromatic N) is 1. The number of rotatable bonds is 3. The smallest absolute Gasteiger partial charge is 0.0629 e. The molecule has 0 unspecified atom stereocenters. The van der Waals surface area contributed by atoms with Gasteiger partial charge in [-0.25, -0.2) is 0 Å². The molecule has 0 bridgehead atoms. The van der Waals surface area contributed by atoms with Crippen molar-refractivity contribution in [1.29, 1.82) is 0 Å². The third-order valence-electron chi connectivity index (χ3n) is 3.33. The molecule has 0 spiro atoms. The van der Waals surface area contributed by atoms with Crippen molar-refractivity contribution in [2.45, 2.75) is 25.3 Å². The fourth-order valence-corrected chi connectivity index (χ4v) is 2.95. The lowest BCUT2D eigenvalue weighted by Crippen LogP contribution is -2.35. The summed E-state index contributed by atoms with van der Waals surface area (Å²) in [6.45, 7) is 2.16. The highest BCUT2D eigenvalue weighted by Crippen LogP contribution is 2.31. The summed E-state index contributed by atoms with van der Waals surface area (Å²) in [6.07, 6.45) is 3.67. The average Bonchev–Trinajstić information content (AvgIpc) is 2.34. The molecular formula is C13H17Cl2NO. The first-order valence-electron chi connectivity index (χ1n) is 6.02. The second-order valence-electron chi connectivity index (χ2n) is 4.46. The van der Waals surface area contributed by atoms with E-state index in [4.69, 9.17) is 23.2 Å². The molecule has 2 nitrogen and oxygen atoms in total. The van der Waals surface area contributed by atoms with E-state index in [0.717, 1.165) is 18.7 Å². The van der Waals surface area contributed by atoms with Gasteiger partial charge in [-0.15, -0.1) is 0 Å². The summed E-state index contributed by atoms with van der Waals surface area (Å²) in [5.74, 6) is 0. The maximum atomic E-state index is 9.59. The minimum Gasteiger partial charge on any atom is -0.394 e. The highest BCUT2D eigenvalue weighted by atomic mass is 35.5. The van der Waals surface area contributed by atoms with Crippen molar-refractivity contribution in [3.8, 4) is 0 Å². The number of aliphatic hydroxyl groups excluding tert-OH is 1. The normalized spacial score (nSPS) is 19.2. The fraction of sp³-hybridized carbons (Fsp3) is 0.538. The maximum Gasteiger partial charge on any atom is 0.0629 e. The Kier molecular flexibility index (Phi) is 4.69. The molecule has 2 rings (SSSR count). The first-order chi connectivity index (χ1) is 8.22. The van der Waals surface area contributed by atoms with Gasteiger partial charge < -0.3 is 5.11 Å². The van der Waals surface area contributed by atoms with Crippen LogP contribution in [0.2, 0.25) is 10.0 Å². The zero-order chi connectivity index (χ0) is 12.3. The van der Waals surface area contributed by atoms with Crippen molar-refractivity contribution in [2.75, 3.05) is 19.7 Å². The number of aliphatic hydroxyl groups is 1. The predicted octanol–water partition coefficient (Wildman–Crippen LogP) is 3.51. The molecule has 94 valence electrons. The van der Waals surface area contributed by atoms with E-state index in [2.05, 4.69) is 4.90 Å². The summed E-state index contributed by atoms with van der Waals surface area (Å²) in [4.78, 5) is 2.30. The van der Waals surface area contributed by atoms with Crippen LogP contribution in [0, 0.1) is 0 Å². The Balaban J connectivity index is 2.21. The lowest BCUT2D eigenvalue weighted by molar-refractivity contribution is 0.104. The lowest BCUT2D eigenvalue weighted by atomic mass is 10.0. The van der Waals surface area contributed by atoms with E-state index in [1.54, 1.807) is 6.07 Å². The van der Waals surface area contributed by atoms with E-state index in [1.165, 1.54) is 19.3 Å². The van der Waals surface area contributed by atoms with Crippen molar-refractivity contribution in [3.63, 3.8) is 0 Å². The van der Waals surface area contributed by atoms with E-state index in [-0.39, 0.29) is 12.6 Å². The minimum absolute atomic E-state index is 0.0000617. The van der Waals surface area contributed by atoms with Crippen LogP contribution < -0.4 is 0 Å². The molecule has 1 N–H and O–H groups in total. The van der Waals surface area contributed by atoms with Crippen LogP contribution in [0.4, 0.5) is 0 Å². The van der Waals surface area contributed by atoms with Crippen LogP contribution in [0.5, 0.6) is 0 Å². The monoisotopic (exact) mass is 273 g/mol. The van der Waals surface area contributed by atoms with Gasteiger partial charge in [0.2, 0.25) is 0 Å². The van der Waals surface area contributed by atoms with Gasteiger partial charge in [0, 0.05) is 10.0 Å². The molecule has 1 atom stereocenters. The van der Waals surface area contributed by atoms with Gasteiger partial charge in [-0.2, -0.15) is 0 Å². The Morgan fingerprint density at radius 3 is 2.47 bits per heavy atom. The highest BCUT2D eigenvalue weighted by molar-refractivity contribution is 6.35.